The number of hydrogen-bond acceptors (Lipinski definition) is 2. The van der Waals surface area contributed by atoms with Gasteiger partial charge in [-0.2, -0.15) is 0 Å². The number of aromatic nitrogens is 2. The highest BCUT2D eigenvalue weighted by Crippen LogP contribution is 2.42. The average Bonchev–Trinajstić information content (AvgIpc) is 3.03. The zero-order chi connectivity index (χ0) is 28.2. The smallest absolute Gasteiger partial charge is 0.0780 e. The Morgan fingerprint density at radius 1 is 0.405 bits per heavy atom. The Bertz CT molecular complexity index is 2170. The Morgan fingerprint density at radius 3 is 1.40 bits per heavy atom. The number of aryl methyl sites for hydroxylation is 2. The molecule has 0 N–H and O–H groups in total. The van der Waals surface area contributed by atoms with Crippen molar-refractivity contribution < 1.29 is 0 Å². The number of fused-ring (bicyclic) bond motifs is 6. The summed E-state index contributed by atoms with van der Waals surface area (Å²) < 4.78 is 0. The van der Waals surface area contributed by atoms with E-state index in [1.165, 1.54) is 54.9 Å². The second kappa shape index (κ2) is 9.64. The zero-order valence-electron chi connectivity index (χ0n) is 23.6. The third-order valence-corrected chi connectivity index (χ3v) is 8.35. The molecule has 8 rings (SSSR count). The highest BCUT2D eigenvalue weighted by atomic mass is 14.7. The Morgan fingerprint density at radius 2 is 0.881 bits per heavy atom. The lowest BCUT2D eigenvalue weighted by Gasteiger charge is -2.18. The number of hydrogen-bond donors (Lipinski definition) is 0. The van der Waals surface area contributed by atoms with Crippen LogP contribution in [0.2, 0.25) is 0 Å². The maximum Gasteiger partial charge on any atom is 0.0780 e. The van der Waals surface area contributed by atoms with Crippen LogP contribution in [0.15, 0.2) is 134 Å². The van der Waals surface area contributed by atoms with Crippen LogP contribution in [0.25, 0.3) is 76.7 Å². The van der Waals surface area contributed by atoms with Gasteiger partial charge in [0.15, 0.2) is 0 Å². The molecule has 0 unspecified atom stereocenters. The van der Waals surface area contributed by atoms with Crippen LogP contribution in [0, 0.1) is 13.8 Å². The summed E-state index contributed by atoms with van der Waals surface area (Å²) in [7, 11) is 0. The Labute approximate surface area is 244 Å². The molecule has 0 saturated carbocycles. The molecule has 42 heavy (non-hydrogen) atoms. The van der Waals surface area contributed by atoms with Gasteiger partial charge in [0.25, 0.3) is 0 Å². The molecule has 0 aliphatic carbocycles. The molecule has 2 nitrogen and oxygen atoms in total. The van der Waals surface area contributed by atoms with E-state index in [9.17, 15) is 0 Å². The molecule has 2 aromatic heterocycles. The van der Waals surface area contributed by atoms with E-state index in [-0.39, 0.29) is 0 Å². The molecule has 0 aliphatic rings. The number of pyridine rings is 2. The summed E-state index contributed by atoms with van der Waals surface area (Å²) in [6.07, 6.45) is 4.07. The molecule has 2 heterocycles. The molecule has 0 spiro atoms. The van der Waals surface area contributed by atoms with Crippen LogP contribution in [0.1, 0.15) is 11.1 Å². The molecule has 0 fully saturated rings. The molecular formula is C40H28N2. The van der Waals surface area contributed by atoms with E-state index in [4.69, 9.17) is 9.97 Å². The third kappa shape index (κ3) is 4.03. The molecule has 0 saturated heterocycles. The summed E-state index contributed by atoms with van der Waals surface area (Å²) in [5.41, 5.74) is 11.5. The first-order valence-corrected chi connectivity index (χ1v) is 14.4. The largest absolute Gasteiger partial charge is 0.255 e. The van der Waals surface area contributed by atoms with Gasteiger partial charge in [0.05, 0.1) is 11.0 Å². The van der Waals surface area contributed by atoms with E-state index in [0.29, 0.717) is 0 Å². The van der Waals surface area contributed by atoms with Gasteiger partial charge in [-0.25, -0.2) is 0 Å². The summed E-state index contributed by atoms with van der Waals surface area (Å²) in [4.78, 5) is 10.0. The molecule has 0 radical (unpaired) electrons. The maximum absolute atomic E-state index is 5.02. The van der Waals surface area contributed by atoms with Crippen LogP contribution in [0.5, 0.6) is 0 Å². The standard InChI is InChI=1S/C40H28N2/c1-25-18-26(2)20-31(19-25)38-34(32-21-29-16-14-27-8-3-5-10-36(27)39(29)41-23-32)12-7-13-35(38)33-22-30-17-15-28-9-4-6-11-37(28)40(30)42-24-33/h3-24H,1-2H3. The molecular weight excluding hydrogens is 508 g/mol. The fourth-order valence-electron chi connectivity index (χ4n) is 6.50. The van der Waals surface area contributed by atoms with Crippen molar-refractivity contribution in [1.29, 1.82) is 0 Å². The molecule has 8 aromatic rings. The van der Waals surface area contributed by atoms with E-state index < -0.39 is 0 Å². The number of rotatable bonds is 3. The van der Waals surface area contributed by atoms with Crippen LogP contribution in [-0.4, -0.2) is 9.97 Å². The minimum absolute atomic E-state index is 1.03. The van der Waals surface area contributed by atoms with Gasteiger partial charge in [-0.15, -0.1) is 0 Å². The molecule has 0 amide bonds. The van der Waals surface area contributed by atoms with E-state index in [1.54, 1.807) is 0 Å². The lowest BCUT2D eigenvalue weighted by molar-refractivity contribution is 1.38. The highest BCUT2D eigenvalue weighted by molar-refractivity contribution is 6.08. The minimum Gasteiger partial charge on any atom is -0.255 e. The predicted molar refractivity (Wildman–Crippen MR) is 178 cm³/mol. The summed E-state index contributed by atoms with van der Waals surface area (Å²) in [5, 5.41) is 7.06. The molecule has 6 aromatic carbocycles. The summed E-state index contributed by atoms with van der Waals surface area (Å²) in [6.45, 7) is 4.34. The Hall–Kier alpha value is -5.34. The lowest BCUT2D eigenvalue weighted by Crippen LogP contribution is -1.94. The number of nitrogens with zero attached hydrogens (tertiary/aromatic N) is 2. The zero-order valence-corrected chi connectivity index (χ0v) is 23.6. The first kappa shape index (κ1) is 24.5. The van der Waals surface area contributed by atoms with Gasteiger partial charge in [0, 0.05) is 45.1 Å². The fraction of sp³-hybridized carbons (Fsp3) is 0.0500. The molecule has 0 aliphatic heterocycles. The molecule has 0 bridgehead atoms. The predicted octanol–water partition coefficient (Wildman–Crippen LogP) is 10.7. The van der Waals surface area contributed by atoms with Crippen molar-refractivity contribution in [1.82, 2.24) is 9.97 Å². The van der Waals surface area contributed by atoms with E-state index in [2.05, 4.69) is 135 Å². The first-order valence-electron chi connectivity index (χ1n) is 14.4. The monoisotopic (exact) mass is 536 g/mol. The van der Waals surface area contributed by atoms with E-state index in [0.717, 1.165) is 32.9 Å². The molecule has 2 heteroatoms. The van der Waals surface area contributed by atoms with Gasteiger partial charge in [0.2, 0.25) is 0 Å². The van der Waals surface area contributed by atoms with Crippen molar-refractivity contribution >= 4 is 43.4 Å². The summed E-state index contributed by atoms with van der Waals surface area (Å²) >= 11 is 0. The van der Waals surface area contributed by atoms with Crippen LogP contribution in [0.4, 0.5) is 0 Å². The van der Waals surface area contributed by atoms with Gasteiger partial charge in [-0.1, -0.05) is 120 Å². The minimum atomic E-state index is 1.03. The highest BCUT2D eigenvalue weighted by Gasteiger charge is 2.17. The summed E-state index contributed by atoms with van der Waals surface area (Å²) in [5.74, 6) is 0. The lowest BCUT2D eigenvalue weighted by atomic mass is 9.86. The van der Waals surface area contributed by atoms with Gasteiger partial charge >= 0.3 is 0 Å². The first-order chi connectivity index (χ1) is 20.6. The quantitative estimate of drug-likeness (QED) is 0.210. The topological polar surface area (TPSA) is 25.8 Å². The molecule has 0 atom stereocenters. The van der Waals surface area contributed by atoms with Gasteiger partial charge in [-0.05, 0) is 59.0 Å². The van der Waals surface area contributed by atoms with Crippen molar-refractivity contribution in [3.63, 3.8) is 0 Å². The number of benzene rings is 6. The average molecular weight is 537 g/mol. The van der Waals surface area contributed by atoms with Crippen molar-refractivity contribution in [3.8, 4) is 33.4 Å². The second-order valence-electron chi connectivity index (χ2n) is 11.3. The fourth-order valence-corrected chi connectivity index (χ4v) is 6.50. The van der Waals surface area contributed by atoms with Gasteiger partial charge < -0.3 is 0 Å². The van der Waals surface area contributed by atoms with Crippen molar-refractivity contribution in [2.75, 3.05) is 0 Å². The van der Waals surface area contributed by atoms with Crippen molar-refractivity contribution in [2.24, 2.45) is 0 Å². The van der Waals surface area contributed by atoms with Crippen LogP contribution in [-0.2, 0) is 0 Å². The van der Waals surface area contributed by atoms with E-state index in [1.807, 2.05) is 12.4 Å². The molecule has 198 valence electrons. The normalized spacial score (nSPS) is 11.6. The van der Waals surface area contributed by atoms with Crippen LogP contribution < -0.4 is 0 Å². The van der Waals surface area contributed by atoms with Gasteiger partial charge in [-0.3, -0.25) is 9.97 Å². The van der Waals surface area contributed by atoms with Crippen molar-refractivity contribution in [3.05, 3.63) is 145 Å². The maximum atomic E-state index is 5.02. The van der Waals surface area contributed by atoms with Crippen molar-refractivity contribution in [2.45, 2.75) is 13.8 Å². The third-order valence-electron chi connectivity index (χ3n) is 8.35. The van der Waals surface area contributed by atoms with Crippen LogP contribution >= 0.6 is 0 Å². The Balaban J connectivity index is 1.38. The van der Waals surface area contributed by atoms with Gasteiger partial charge in [0.1, 0.15) is 0 Å². The summed E-state index contributed by atoms with van der Waals surface area (Å²) in [6, 6.07) is 43.7. The second-order valence-corrected chi connectivity index (χ2v) is 11.3. The van der Waals surface area contributed by atoms with Crippen LogP contribution in [0.3, 0.4) is 0 Å². The SMILES string of the molecule is Cc1cc(C)cc(-c2c(-c3cnc4c(ccc5ccccc54)c3)cccc2-c2cnc3c(ccc4ccccc43)c2)c1. The Kier molecular flexibility index (Phi) is 5.61. The van der Waals surface area contributed by atoms with E-state index >= 15 is 0 Å².